The quantitative estimate of drug-likeness (QED) is 0.698. The molecule has 3 amide bonds. The number of likely N-dealkylation sites (tertiary alicyclic amines) is 1. The van der Waals surface area contributed by atoms with Crippen LogP contribution in [0.5, 0.6) is 0 Å². The van der Waals surface area contributed by atoms with E-state index in [1.165, 1.54) is 0 Å². The molecule has 2 N–H and O–H groups in total. The zero-order chi connectivity index (χ0) is 20.6. The number of nitrogens with one attached hydrogen (secondary N) is 2. The van der Waals surface area contributed by atoms with E-state index in [1.54, 1.807) is 29.2 Å². The number of hydrogen-bond donors (Lipinski definition) is 2. The Bertz CT molecular complexity index is 855. The van der Waals surface area contributed by atoms with E-state index in [9.17, 15) is 14.4 Å². The first-order chi connectivity index (χ1) is 14.0. The number of hydrogen-bond acceptors (Lipinski definition) is 3. The zero-order valence-corrected chi connectivity index (χ0v) is 16.8. The standard InChI is InChI=1S/C22H24ClN3O3/c23-18-10-8-17(9-11-18)22(29)24-13-12-20(27)25-19(16-5-2-1-3-6-16)15-26-14-4-7-21(26)28/h1-3,5-6,8-11,19H,4,7,12-15H2,(H,24,29)(H,25,27). The van der Waals surface area contributed by atoms with Crippen LogP contribution in [-0.2, 0) is 9.59 Å². The van der Waals surface area contributed by atoms with Crippen molar-refractivity contribution < 1.29 is 14.4 Å². The number of nitrogens with zero attached hydrogens (tertiary/aromatic N) is 1. The van der Waals surface area contributed by atoms with E-state index >= 15 is 0 Å². The second-order valence-corrected chi connectivity index (χ2v) is 7.42. The molecule has 152 valence electrons. The maximum Gasteiger partial charge on any atom is 0.251 e. The topological polar surface area (TPSA) is 78.5 Å². The number of halogens is 1. The molecule has 2 aromatic carbocycles. The molecule has 1 unspecified atom stereocenters. The monoisotopic (exact) mass is 413 g/mol. The van der Waals surface area contributed by atoms with Crippen LogP contribution in [0.25, 0.3) is 0 Å². The summed E-state index contributed by atoms with van der Waals surface area (Å²) in [6.07, 6.45) is 1.56. The molecule has 6 nitrogen and oxygen atoms in total. The fraction of sp³-hybridized carbons (Fsp3) is 0.318. The molecule has 1 heterocycles. The molecule has 1 aliphatic rings. The molecular formula is C22H24ClN3O3. The van der Waals surface area contributed by atoms with Crippen LogP contribution in [0.1, 0.15) is 41.2 Å². The van der Waals surface area contributed by atoms with Crippen LogP contribution in [0.4, 0.5) is 0 Å². The van der Waals surface area contributed by atoms with Crippen LogP contribution < -0.4 is 10.6 Å². The highest BCUT2D eigenvalue weighted by atomic mass is 35.5. The summed E-state index contributed by atoms with van der Waals surface area (Å²) in [5.41, 5.74) is 1.44. The molecule has 0 aromatic heterocycles. The summed E-state index contributed by atoms with van der Waals surface area (Å²) < 4.78 is 0. The van der Waals surface area contributed by atoms with Gasteiger partial charge in [0.15, 0.2) is 0 Å². The molecule has 0 saturated carbocycles. The van der Waals surface area contributed by atoms with Gasteiger partial charge in [-0.25, -0.2) is 0 Å². The van der Waals surface area contributed by atoms with Gasteiger partial charge in [0, 0.05) is 43.1 Å². The van der Waals surface area contributed by atoms with E-state index in [0.717, 1.165) is 18.5 Å². The number of amides is 3. The second kappa shape index (κ2) is 10.1. The smallest absolute Gasteiger partial charge is 0.251 e. The highest BCUT2D eigenvalue weighted by Gasteiger charge is 2.25. The first-order valence-corrected chi connectivity index (χ1v) is 10.1. The maximum absolute atomic E-state index is 12.5. The van der Waals surface area contributed by atoms with Crippen LogP contribution in [0.2, 0.25) is 5.02 Å². The summed E-state index contributed by atoms with van der Waals surface area (Å²) in [7, 11) is 0. The van der Waals surface area contributed by atoms with Crippen LogP contribution in [-0.4, -0.2) is 42.3 Å². The van der Waals surface area contributed by atoms with Gasteiger partial charge in [0.05, 0.1) is 6.04 Å². The molecule has 2 aromatic rings. The van der Waals surface area contributed by atoms with E-state index in [4.69, 9.17) is 11.6 Å². The van der Waals surface area contributed by atoms with Crippen molar-refractivity contribution in [1.82, 2.24) is 15.5 Å². The molecule has 0 radical (unpaired) electrons. The fourth-order valence-electron chi connectivity index (χ4n) is 3.30. The zero-order valence-electron chi connectivity index (χ0n) is 16.1. The van der Waals surface area contributed by atoms with Crippen LogP contribution in [0.3, 0.4) is 0 Å². The number of carbonyl (C=O) groups excluding carboxylic acids is 3. The molecule has 7 heteroatoms. The molecule has 0 bridgehead atoms. The van der Waals surface area contributed by atoms with Crippen LogP contribution in [0.15, 0.2) is 54.6 Å². The first-order valence-electron chi connectivity index (χ1n) is 9.69. The number of carbonyl (C=O) groups is 3. The Balaban J connectivity index is 1.53. The van der Waals surface area contributed by atoms with Gasteiger partial charge < -0.3 is 15.5 Å². The minimum absolute atomic E-state index is 0.121. The van der Waals surface area contributed by atoms with Crippen molar-refractivity contribution in [2.24, 2.45) is 0 Å². The van der Waals surface area contributed by atoms with Gasteiger partial charge in [-0.05, 0) is 36.2 Å². The average Bonchev–Trinajstić information content (AvgIpc) is 3.13. The number of rotatable bonds is 8. The van der Waals surface area contributed by atoms with Gasteiger partial charge in [-0.15, -0.1) is 0 Å². The molecule has 1 atom stereocenters. The molecular weight excluding hydrogens is 390 g/mol. The van der Waals surface area contributed by atoms with E-state index in [0.29, 0.717) is 23.6 Å². The molecule has 1 aliphatic heterocycles. The molecule has 1 fully saturated rings. The normalized spacial score (nSPS) is 14.5. The van der Waals surface area contributed by atoms with E-state index in [1.807, 2.05) is 30.3 Å². The summed E-state index contributed by atoms with van der Waals surface area (Å²) in [6.45, 7) is 1.39. The first kappa shape index (κ1) is 20.9. The van der Waals surface area contributed by atoms with Gasteiger partial charge >= 0.3 is 0 Å². The maximum atomic E-state index is 12.5. The van der Waals surface area contributed by atoms with E-state index in [2.05, 4.69) is 10.6 Å². The van der Waals surface area contributed by atoms with Gasteiger partial charge in [0.25, 0.3) is 5.91 Å². The Morgan fingerprint density at radius 3 is 2.45 bits per heavy atom. The lowest BCUT2D eigenvalue weighted by atomic mass is 10.1. The Kier molecular flexibility index (Phi) is 7.25. The van der Waals surface area contributed by atoms with Gasteiger partial charge in [-0.3, -0.25) is 14.4 Å². The van der Waals surface area contributed by atoms with Crippen molar-refractivity contribution in [3.63, 3.8) is 0 Å². The van der Waals surface area contributed by atoms with Crippen molar-refractivity contribution >= 4 is 29.3 Å². The van der Waals surface area contributed by atoms with Gasteiger partial charge in [-0.2, -0.15) is 0 Å². The summed E-state index contributed by atoms with van der Waals surface area (Å²) in [5.74, 6) is -0.311. The minimum atomic E-state index is -0.280. The van der Waals surface area contributed by atoms with Gasteiger partial charge in [-0.1, -0.05) is 41.9 Å². The molecule has 0 spiro atoms. The lowest BCUT2D eigenvalue weighted by Gasteiger charge is -2.25. The second-order valence-electron chi connectivity index (χ2n) is 6.99. The predicted octanol–water partition coefficient (Wildman–Crippen LogP) is 2.94. The van der Waals surface area contributed by atoms with Crippen molar-refractivity contribution in [2.75, 3.05) is 19.6 Å². The van der Waals surface area contributed by atoms with Crippen molar-refractivity contribution in [1.29, 1.82) is 0 Å². The Morgan fingerprint density at radius 2 is 1.79 bits per heavy atom. The van der Waals surface area contributed by atoms with Crippen LogP contribution >= 0.6 is 11.6 Å². The molecule has 29 heavy (non-hydrogen) atoms. The Morgan fingerprint density at radius 1 is 1.07 bits per heavy atom. The van der Waals surface area contributed by atoms with E-state index in [-0.39, 0.29) is 36.7 Å². The summed E-state index contributed by atoms with van der Waals surface area (Å²) in [6, 6.07) is 15.9. The third kappa shape index (κ3) is 6.06. The average molecular weight is 414 g/mol. The van der Waals surface area contributed by atoms with Gasteiger partial charge in [0.2, 0.25) is 11.8 Å². The third-order valence-electron chi connectivity index (χ3n) is 4.86. The van der Waals surface area contributed by atoms with Crippen molar-refractivity contribution in [3.05, 3.63) is 70.7 Å². The SMILES string of the molecule is O=C(CCNC(=O)c1ccc(Cl)cc1)NC(CN1CCCC1=O)c1ccccc1. The minimum Gasteiger partial charge on any atom is -0.352 e. The summed E-state index contributed by atoms with van der Waals surface area (Å²) in [4.78, 5) is 38.4. The van der Waals surface area contributed by atoms with Crippen molar-refractivity contribution in [3.8, 4) is 0 Å². The molecule has 0 aliphatic carbocycles. The molecule has 3 rings (SSSR count). The highest BCUT2D eigenvalue weighted by Crippen LogP contribution is 2.18. The lowest BCUT2D eigenvalue weighted by Crippen LogP contribution is -2.39. The fourth-order valence-corrected chi connectivity index (χ4v) is 3.42. The predicted molar refractivity (Wildman–Crippen MR) is 112 cm³/mol. The molecule has 1 saturated heterocycles. The summed E-state index contributed by atoms with van der Waals surface area (Å²) >= 11 is 5.82. The third-order valence-corrected chi connectivity index (χ3v) is 5.11. The van der Waals surface area contributed by atoms with Gasteiger partial charge in [0.1, 0.15) is 0 Å². The van der Waals surface area contributed by atoms with Crippen molar-refractivity contribution in [2.45, 2.75) is 25.3 Å². The summed E-state index contributed by atoms with van der Waals surface area (Å²) in [5, 5.41) is 6.29. The van der Waals surface area contributed by atoms with Crippen LogP contribution in [0, 0.1) is 0 Å². The van der Waals surface area contributed by atoms with E-state index < -0.39 is 0 Å². The Labute approximate surface area is 175 Å². The number of benzene rings is 2. The lowest BCUT2D eigenvalue weighted by molar-refractivity contribution is -0.129. The Hall–Kier alpha value is -2.86. The largest absolute Gasteiger partial charge is 0.352 e. The highest BCUT2D eigenvalue weighted by molar-refractivity contribution is 6.30.